The third-order valence-corrected chi connectivity index (χ3v) is 3.19. The van der Waals surface area contributed by atoms with Gasteiger partial charge in [-0.1, -0.05) is 17.7 Å². The molecule has 0 saturated carbocycles. The highest BCUT2D eigenvalue weighted by atomic mass is 35.5. The number of aromatic amines is 1. The maximum absolute atomic E-state index is 5.96. The number of hydrogen-bond donors (Lipinski definition) is 3. The lowest BCUT2D eigenvalue weighted by molar-refractivity contribution is 1.09. The van der Waals surface area contributed by atoms with E-state index in [1.807, 2.05) is 43.3 Å². The van der Waals surface area contributed by atoms with Gasteiger partial charge in [-0.15, -0.1) is 5.10 Å². The molecule has 3 aromatic rings. The van der Waals surface area contributed by atoms with Gasteiger partial charge >= 0.3 is 0 Å². The van der Waals surface area contributed by atoms with Crippen molar-refractivity contribution in [3.8, 4) is 11.4 Å². The van der Waals surface area contributed by atoms with Crippen LogP contribution in [0.25, 0.3) is 11.4 Å². The Hall–Kier alpha value is -2.60. The number of hydrogen-bond acceptors (Lipinski definition) is 5. The summed E-state index contributed by atoms with van der Waals surface area (Å²) in [7, 11) is 0. The average molecular weight is 315 g/mol. The van der Waals surface area contributed by atoms with Crippen molar-refractivity contribution in [2.24, 2.45) is 0 Å². The molecule has 0 amide bonds. The zero-order valence-electron chi connectivity index (χ0n) is 12.0. The van der Waals surface area contributed by atoms with Crippen LogP contribution in [0.5, 0.6) is 0 Å². The van der Waals surface area contributed by atoms with E-state index in [4.69, 9.17) is 11.6 Å². The molecule has 3 rings (SSSR count). The van der Waals surface area contributed by atoms with Crippen molar-refractivity contribution in [1.29, 1.82) is 0 Å². The fourth-order valence-electron chi connectivity index (χ4n) is 2.00. The minimum Gasteiger partial charge on any atom is -0.370 e. The van der Waals surface area contributed by atoms with Crippen molar-refractivity contribution in [3.63, 3.8) is 0 Å². The van der Waals surface area contributed by atoms with E-state index in [-0.39, 0.29) is 0 Å². The van der Waals surface area contributed by atoms with Gasteiger partial charge in [0.2, 0.25) is 5.95 Å². The largest absolute Gasteiger partial charge is 0.370 e. The van der Waals surface area contributed by atoms with E-state index in [2.05, 4.69) is 30.8 Å². The normalized spacial score (nSPS) is 10.5. The summed E-state index contributed by atoms with van der Waals surface area (Å²) in [4.78, 5) is 8.67. The van der Waals surface area contributed by atoms with E-state index in [1.165, 1.54) is 0 Å². The van der Waals surface area contributed by atoms with Crippen LogP contribution < -0.4 is 10.6 Å². The second-order valence-electron chi connectivity index (χ2n) is 4.60. The number of aromatic nitrogens is 4. The van der Waals surface area contributed by atoms with E-state index in [9.17, 15) is 0 Å². The molecule has 0 aliphatic carbocycles. The predicted molar refractivity (Wildman–Crippen MR) is 88.5 cm³/mol. The number of benzene rings is 1. The summed E-state index contributed by atoms with van der Waals surface area (Å²) in [6.45, 7) is 2.84. The highest BCUT2D eigenvalue weighted by Gasteiger charge is 2.07. The molecular formula is C15H15ClN6. The summed E-state index contributed by atoms with van der Waals surface area (Å²) >= 11 is 5.96. The number of H-pyrrole nitrogens is 1. The van der Waals surface area contributed by atoms with Crippen LogP contribution in [0, 0.1) is 0 Å². The first-order valence-corrected chi connectivity index (χ1v) is 7.27. The van der Waals surface area contributed by atoms with Crippen molar-refractivity contribution in [3.05, 3.63) is 47.6 Å². The Kier molecular flexibility index (Phi) is 4.20. The zero-order valence-corrected chi connectivity index (χ0v) is 12.7. The summed E-state index contributed by atoms with van der Waals surface area (Å²) in [5.74, 6) is 1.96. The summed E-state index contributed by atoms with van der Waals surface area (Å²) < 4.78 is 0. The van der Waals surface area contributed by atoms with E-state index >= 15 is 0 Å². The lowest BCUT2D eigenvalue weighted by Gasteiger charge is -2.03. The SMILES string of the molecule is CCNc1cc(-c2nc(Nc3cccc(Cl)c3)n[nH]2)ccn1. The molecule has 7 heteroatoms. The molecule has 0 atom stereocenters. The van der Waals surface area contributed by atoms with Crippen LogP contribution in [0.15, 0.2) is 42.6 Å². The Balaban J connectivity index is 1.80. The van der Waals surface area contributed by atoms with Crippen molar-refractivity contribution in [2.45, 2.75) is 6.92 Å². The first-order chi connectivity index (χ1) is 10.7. The summed E-state index contributed by atoms with van der Waals surface area (Å²) in [6.07, 6.45) is 1.74. The number of pyridine rings is 1. The summed E-state index contributed by atoms with van der Waals surface area (Å²) in [5, 5.41) is 14.0. The van der Waals surface area contributed by atoms with Crippen LogP contribution in [0.3, 0.4) is 0 Å². The fraction of sp³-hybridized carbons (Fsp3) is 0.133. The lowest BCUT2D eigenvalue weighted by atomic mass is 10.2. The maximum atomic E-state index is 5.96. The second kappa shape index (κ2) is 6.44. The third kappa shape index (κ3) is 3.35. The first-order valence-electron chi connectivity index (χ1n) is 6.90. The van der Waals surface area contributed by atoms with Crippen molar-refractivity contribution in [2.75, 3.05) is 17.2 Å². The van der Waals surface area contributed by atoms with Crippen LogP contribution in [0.4, 0.5) is 17.5 Å². The number of halogens is 1. The highest BCUT2D eigenvalue weighted by molar-refractivity contribution is 6.30. The van der Waals surface area contributed by atoms with Crippen LogP contribution in [0.2, 0.25) is 5.02 Å². The van der Waals surface area contributed by atoms with Gasteiger partial charge in [-0.05, 0) is 37.3 Å². The van der Waals surface area contributed by atoms with E-state index < -0.39 is 0 Å². The molecule has 2 aromatic heterocycles. The Labute approximate surface area is 133 Å². The van der Waals surface area contributed by atoms with Gasteiger partial charge in [0.1, 0.15) is 5.82 Å². The van der Waals surface area contributed by atoms with Gasteiger partial charge in [0, 0.05) is 29.0 Å². The van der Waals surface area contributed by atoms with Crippen molar-refractivity contribution in [1.82, 2.24) is 20.2 Å². The van der Waals surface area contributed by atoms with Crippen LogP contribution in [-0.2, 0) is 0 Å². The third-order valence-electron chi connectivity index (χ3n) is 2.96. The molecule has 0 unspecified atom stereocenters. The predicted octanol–water partition coefficient (Wildman–Crippen LogP) is 3.70. The standard InChI is InChI=1S/C15H15ClN6/c1-2-17-13-8-10(6-7-18-13)14-20-15(22-21-14)19-12-5-3-4-11(16)9-12/h3-9H,2H2,1H3,(H,17,18)(H2,19,20,21,22). The molecule has 1 aromatic carbocycles. The fourth-order valence-corrected chi connectivity index (χ4v) is 2.19. The van der Waals surface area contributed by atoms with Crippen LogP contribution >= 0.6 is 11.6 Å². The van der Waals surface area contributed by atoms with Crippen LogP contribution in [-0.4, -0.2) is 26.7 Å². The Morgan fingerprint density at radius 3 is 2.95 bits per heavy atom. The number of rotatable bonds is 5. The summed E-state index contributed by atoms with van der Waals surface area (Å²) in [6, 6.07) is 11.2. The maximum Gasteiger partial charge on any atom is 0.246 e. The molecule has 6 nitrogen and oxygen atoms in total. The van der Waals surface area contributed by atoms with Gasteiger partial charge < -0.3 is 10.6 Å². The topological polar surface area (TPSA) is 78.5 Å². The van der Waals surface area contributed by atoms with Gasteiger partial charge in [0.05, 0.1) is 0 Å². The van der Waals surface area contributed by atoms with Crippen molar-refractivity contribution >= 4 is 29.1 Å². The molecule has 3 N–H and O–H groups in total. The molecule has 112 valence electrons. The minimum atomic E-state index is 0.485. The van der Waals surface area contributed by atoms with E-state index in [1.54, 1.807) is 6.20 Å². The zero-order chi connectivity index (χ0) is 15.4. The summed E-state index contributed by atoms with van der Waals surface area (Å²) in [5.41, 5.74) is 1.75. The molecule has 2 heterocycles. The molecule has 0 aliphatic rings. The van der Waals surface area contributed by atoms with Crippen molar-refractivity contribution < 1.29 is 0 Å². The second-order valence-corrected chi connectivity index (χ2v) is 5.04. The van der Waals surface area contributed by atoms with Gasteiger partial charge in [-0.3, -0.25) is 5.10 Å². The number of nitrogens with one attached hydrogen (secondary N) is 3. The molecule has 0 bridgehead atoms. The highest BCUT2D eigenvalue weighted by Crippen LogP contribution is 2.21. The molecule has 0 aliphatic heterocycles. The Morgan fingerprint density at radius 1 is 1.23 bits per heavy atom. The first kappa shape index (κ1) is 14.3. The van der Waals surface area contributed by atoms with Gasteiger partial charge in [-0.25, -0.2) is 4.98 Å². The molecule has 0 spiro atoms. The number of nitrogens with zero attached hydrogens (tertiary/aromatic N) is 3. The van der Waals surface area contributed by atoms with Crippen LogP contribution in [0.1, 0.15) is 6.92 Å². The quantitative estimate of drug-likeness (QED) is 0.669. The molecule has 0 radical (unpaired) electrons. The van der Waals surface area contributed by atoms with Gasteiger partial charge in [0.15, 0.2) is 5.82 Å². The van der Waals surface area contributed by atoms with E-state index in [0.29, 0.717) is 16.8 Å². The number of anilines is 3. The lowest BCUT2D eigenvalue weighted by Crippen LogP contribution is -1.98. The molecule has 22 heavy (non-hydrogen) atoms. The monoisotopic (exact) mass is 314 g/mol. The van der Waals surface area contributed by atoms with Gasteiger partial charge in [0.25, 0.3) is 0 Å². The van der Waals surface area contributed by atoms with Gasteiger partial charge in [-0.2, -0.15) is 4.98 Å². The molecule has 0 fully saturated rings. The molecular weight excluding hydrogens is 300 g/mol. The van der Waals surface area contributed by atoms with E-state index in [0.717, 1.165) is 23.6 Å². The Bertz CT molecular complexity index is 770. The minimum absolute atomic E-state index is 0.485. The smallest absolute Gasteiger partial charge is 0.246 e. The molecule has 0 saturated heterocycles. The Morgan fingerprint density at radius 2 is 2.14 bits per heavy atom. The average Bonchev–Trinajstić information content (AvgIpc) is 2.96.